The van der Waals surface area contributed by atoms with Gasteiger partial charge in [0, 0.05) is 0 Å². The third-order valence-corrected chi connectivity index (χ3v) is 4.99. The Kier molecular flexibility index (Phi) is 7.46. The van der Waals surface area contributed by atoms with Gasteiger partial charge in [-0.3, -0.25) is 14.5 Å². The molecule has 1 aliphatic heterocycles. The van der Waals surface area contributed by atoms with E-state index >= 15 is 0 Å². The maximum atomic E-state index is 12.2. The van der Waals surface area contributed by atoms with Gasteiger partial charge in [0.1, 0.15) is 16.6 Å². The van der Waals surface area contributed by atoms with E-state index in [1.165, 1.54) is 19.3 Å². The Labute approximate surface area is 157 Å². The summed E-state index contributed by atoms with van der Waals surface area (Å²) in [6.45, 7) is 2.47. The molecule has 0 saturated carbocycles. The van der Waals surface area contributed by atoms with Crippen molar-refractivity contribution in [2.75, 3.05) is 13.2 Å². The van der Waals surface area contributed by atoms with Crippen LogP contribution in [0.3, 0.4) is 0 Å². The Morgan fingerprint density at radius 3 is 2.64 bits per heavy atom. The summed E-state index contributed by atoms with van der Waals surface area (Å²) in [5, 5.41) is 8.84. The average Bonchev–Trinajstić information content (AvgIpc) is 2.83. The molecule has 1 N–H and O–H groups in total. The van der Waals surface area contributed by atoms with Crippen LogP contribution in [0.25, 0.3) is 6.08 Å². The van der Waals surface area contributed by atoms with E-state index in [0.29, 0.717) is 11.5 Å². The van der Waals surface area contributed by atoms with Gasteiger partial charge in [-0.15, -0.1) is 0 Å². The Morgan fingerprint density at radius 2 is 2.00 bits per heavy atom. The first-order valence-corrected chi connectivity index (χ1v) is 9.43. The first-order chi connectivity index (χ1) is 12.0. The fourth-order valence-electron chi connectivity index (χ4n) is 2.30. The van der Waals surface area contributed by atoms with Crippen molar-refractivity contribution in [1.29, 1.82) is 0 Å². The van der Waals surface area contributed by atoms with E-state index in [9.17, 15) is 9.59 Å². The molecule has 5 nitrogen and oxygen atoms in total. The van der Waals surface area contributed by atoms with Crippen LogP contribution in [0.5, 0.6) is 5.75 Å². The molecule has 1 aromatic rings. The number of carboxylic acid groups (broad SMARTS) is 1. The Bertz CT molecular complexity index is 670. The van der Waals surface area contributed by atoms with Gasteiger partial charge >= 0.3 is 5.97 Å². The molecule has 1 saturated heterocycles. The standard InChI is InChI=1S/C18H21NO4S2/c1-2-3-4-5-10-23-14-8-6-13(7-9-14)11-15-17(22)19(12-16(20)21)18(24)25-15/h6-9,11H,2-5,10,12H2,1H3,(H,20,21)/b15-11-. The number of hydrogen-bond donors (Lipinski definition) is 1. The molecule has 2 rings (SSSR count). The second-order valence-electron chi connectivity index (χ2n) is 5.64. The zero-order valence-corrected chi connectivity index (χ0v) is 15.7. The van der Waals surface area contributed by atoms with E-state index in [-0.39, 0.29) is 10.2 Å². The number of thioether (sulfide) groups is 1. The molecule has 0 spiro atoms. The van der Waals surface area contributed by atoms with E-state index < -0.39 is 12.5 Å². The highest BCUT2D eigenvalue weighted by molar-refractivity contribution is 8.26. The normalized spacial score (nSPS) is 15.9. The number of benzene rings is 1. The lowest BCUT2D eigenvalue weighted by molar-refractivity contribution is -0.140. The molecule has 0 unspecified atom stereocenters. The average molecular weight is 380 g/mol. The molecule has 25 heavy (non-hydrogen) atoms. The summed E-state index contributed by atoms with van der Waals surface area (Å²) in [5.41, 5.74) is 0.842. The number of carbonyl (C=O) groups is 2. The summed E-state index contributed by atoms with van der Waals surface area (Å²) < 4.78 is 5.96. The molecule has 0 bridgehead atoms. The highest BCUT2D eigenvalue weighted by Gasteiger charge is 2.33. The molecular weight excluding hydrogens is 358 g/mol. The number of ether oxygens (including phenoxy) is 1. The van der Waals surface area contributed by atoms with Crippen molar-refractivity contribution in [2.45, 2.75) is 32.6 Å². The zero-order chi connectivity index (χ0) is 18.2. The molecule has 0 atom stereocenters. The first kappa shape index (κ1) is 19.5. The van der Waals surface area contributed by atoms with Crippen molar-refractivity contribution in [3.05, 3.63) is 34.7 Å². The quantitative estimate of drug-likeness (QED) is 0.398. The van der Waals surface area contributed by atoms with E-state index in [0.717, 1.165) is 34.4 Å². The van der Waals surface area contributed by atoms with Crippen molar-refractivity contribution >= 4 is 46.3 Å². The summed E-state index contributed by atoms with van der Waals surface area (Å²) in [4.78, 5) is 24.5. The monoisotopic (exact) mass is 379 g/mol. The molecule has 1 fully saturated rings. The molecule has 1 aliphatic rings. The number of thiocarbonyl (C=S) groups is 1. The fourth-order valence-corrected chi connectivity index (χ4v) is 3.56. The van der Waals surface area contributed by atoms with Crippen LogP contribution in [-0.4, -0.2) is 39.4 Å². The highest BCUT2D eigenvalue weighted by atomic mass is 32.2. The van der Waals surface area contributed by atoms with Crippen LogP contribution < -0.4 is 4.74 Å². The number of amides is 1. The molecule has 1 amide bonds. The van der Waals surface area contributed by atoms with Crippen molar-refractivity contribution in [3.8, 4) is 5.75 Å². The van der Waals surface area contributed by atoms with E-state index in [1.54, 1.807) is 6.08 Å². The van der Waals surface area contributed by atoms with Gasteiger partial charge in [-0.25, -0.2) is 0 Å². The molecule has 134 valence electrons. The third-order valence-electron chi connectivity index (χ3n) is 3.61. The lowest BCUT2D eigenvalue weighted by Crippen LogP contribution is -2.33. The Hall–Kier alpha value is -1.86. The van der Waals surface area contributed by atoms with Gasteiger partial charge in [-0.2, -0.15) is 0 Å². The van der Waals surface area contributed by atoms with Gasteiger partial charge in [0.05, 0.1) is 11.5 Å². The maximum absolute atomic E-state index is 12.2. The largest absolute Gasteiger partial charge is 0.494 e. The van der Waals surface area contributed by atoms with Crippen LogP contribution in [-0.2, 0) is 9.59 Å². The molecular formula is C18H21NO4S2. The molecule has 1 heterocycles. The van der Waals surface area contributed by atoms with Crippen LogP contribution in [0.2, 0.25) is 0 Å². The molecule has 0 aromatic heterocycles. The second-order valence-corrected chi connectivity index (χ2v) is 7.32. The summed E-state index contributed by atoms with van der Waals surface area (Å²) in [6, 6.07) is 7.46. The minimum Gasteiger partial charge on any atom is -0.494 e. The summed E-state index contributed by atoms with van der Waals surface area (Å²) >= 11 is 6.19. The Balaban J connectivity index is 1.94. The topological polar surface area (TPSA) is 66.8 Å². The van der Waals surface area contributed by atoms with Gasteiger partial charge in [-0.05, 0) is 30.2 Å². The minimum atomic E-state index is -1.09. The van der Waals surface area contributed by atoms with Crippen molar-refractivity contribution < 1.29 is 19.4 Å². The molecule has 7 heteroatoms. The number of nitrogens with zero attached hydrogens (tertiary/aromatic N) is 1. The predicted molar refractivity (Wildman–Crippen MR) is 104 cm³/mol. The van der Waals surface area contributed by atoms with E-state index in [1.807, 2.05) is 24.3 Å². The minimum absolute atomic E-state index is 0.269. The lowest BCUT2D eigenvalue weighted by Gasteiger charge is -2.10. The second kappa shape index (κ2) is 9.58. The lowest BCUT2D eigenvalue weighted by atomic mass is 10.2. The van der Waals surface area contributed by atoms with Crippen molar-refractivity contribution in [2.24, 2.45) is 0 Å². The predicted octanol–water partition coefficient (Wildman–Crippen LogP) is 3.93. The number of unbranched alkanes of at least 4 members (excludes halogenated alkanes) is 3. The van der Waals surface area contributed by atoms with Crippen LogP contribution in [0, 0.1) is 0 Å². The summed E-state index contributed by atoms with van der Waals surface area (Å²) in [5.74, 6) is -0.654. The van der Waals surface area contributed by atoms with Crippen LogP contribution in [0.4, 0.5) is 0 Å². The first-order valence-electron chi connectivity index (χ1n) is 8.21. The van der Waals surface area contributed by atoms with Crippen LogP contribution >= 0.6 is 24.0 Å². The van der Waals surface area contributed by atoms with Gasteiger partial charge in [0.15, 0.2) is 0 Å². The Morgan fingerprint density at radius 1 is 1.28 bits per heavy atom. The molecule has 0 radical (unpaired) electrons. The van der Waals surface area contributed by atoms with E-state index in [2.05, 4.69) is 6.92 Å². The number of carboxylic acids is 1. The number of hydrogen-bond acceptors (Lipinski definition) is 5. The molecule has 0 aliphatic carbocycles. The van der Waals surface area contributed by atoms with Gasteiger partial charge in [-0.1, -0.05) is 62.3 Å². The number of rotatable bonds is 9. The smallest absolute Gasteiger partial charge is 0.323 e. The maximum Gasteiger partial charge on any atom is 0.323 e. The van der Waals surface area contributed by atoms with Crippen molar-refractivity contribution in [3.63, 3.8) is 0 Å². The molecule has 1 aromatic carbocycles. The SMILES string of the molecule is CCCCCCOc1ccc(/C=C2\SC(=S)N(CC(=O)O)C2=O)cc1. The third kappa shape index (κ3) is 5.86. The summed E-state index contributed by atoms with van der Waals surface area (Å²) in [7, 11) is 0. The van der Waals surface area contributed by atoms with Crippen LogP contribution in [0.1, 0.15) is 38.2 Å². The van der Waals surface area contributed by atoms with Gasteiger partial charge in [0.25, 0.3) is 5.91 Å². The van der Waals surface area contributed by atoms with Crippen LogP contribution in [0.15, 0.2) is 29.2 Å². The van der Waals surface area contributed by atoms with Gasteiger partial charge in [0.2, 0.25) is 0 Å². The summed E-state index contributed by atoms with van der Waals surface area (Å²) in [6.07, 6.45) is 6.36. The fraction of sp³-hybridized carbons (Fsp3) is 0.389. The van der Waals surface area contributed by atoms with Crippen molar-refractivity contribution in [1.82, 2.24) is 4.90 Å². The number of carbonyl (C=O) groups excluding carboxylic acids is 1. The highest BCUT2D eigenvalue weighted by Crippen LogP contribution is 2.32. The van der Waals surface area contributed by atoms with Gasteiger partial charge < -0.3 is 9.84 Å². The zero-order valence-electron chi connectivity index (χ0n) is 14.1. The van der Waals surface area contributed by atoms with E-state index in [4.69, 9.17) is 22.1 Å². The number of aliphatic carboxylic acids is 1.